The van der Waals surface area contributed by atoms with Gasteiger partial charge < -0.3 is 33.6 Å². The number of aromatic nitrogens is 6. The molecule has 6 heterocycles. The maximum absolute atomic E-state index is 11.4. The number of fused-ring (bicyclic) bond motifs is 3. The average Bonchev–Trinajstić information content (AvgIpc) is 3.47. The number of methoxy groups -OCH3 is 1. The molecule has 3 saturated heterocycles. The second-order valence-corrected chi connectivity index (χ2v) is 20.2. The number of hydrogen-bond donors (Lipinski definition) is 0. The summed E-state index contributed by atoms with van der Waals surface area (Å²) >= 11 is 0. The number of rotatable bonds is 8. The van der Waals surface area contributed by atoms with Crippen molar-refractivity contribution in [2.24, 2.45) is 0 Å². The Bertz CT molecular complexity index is 3460. The molecule has 3 fully saturated rings. The van der Waals surface area contributed by atoms with Gasteiger partial charge in [-0.2, -0.15) is 0 Å². The Morgan fingerprint density at radius 2 is 0.855 bits per heavy atom. The zero-order chi connectivity index (χ0) is 52.6. The lowest BCUT2D eigenvalue weighted by Gasteiger charge is -2.27. The van der Waals surface area contributed by atoms with Gasteiger partial charge in [0.05, 0.1) is 98.4 Å². The van der Waals surface area contributed by atoms with Crippen LogP contribution in [0.1, 0.15) is 49.2 Å². The molecule has 9 aromatic rings. The molecule has 14 heteroatoms. The van der Waals surface area contributed by atoms with Crippen LogP contribution in [-0.2, 0) is 19.6 Å². The van der Waals surface area contributed by atoms with E-state index < -0.39 is 0 Å². The average molecular weight is 1020 g/mol. The van der Waals surface area contributed by atoms with E-state index in [0.29, 0.717) is 0 Å². The summed E-state index contributed by atoms with van der Waals surface area (Å²) in [4.78, 5) is 46.3. The predicted molar refractivity (Wildman–Crippen MR) is 304 cm³/mol. The fraction of sp³-hybridized carbons (Fsp3) is 0.306. The Morgan fingerprint density at radius 1 is 0.474 bits per heavy atom. The molecule has 76 heavy (non-hydrogen) atoms. The summed E-state index contributed by atoms with van der Waals surface area (Å²) < 4.78 is 21.5. The minimum absolute atomic E-state index is 0.0751. The van der Waals surface area contributed by atoms with Crippen LogP contribution < -0.4 is 19.4 Å². The molecule has 0 amide bonds. The number of hydrogen-bond acceptors (Lipinski definition) is 14. The molecule has 0 aliphatic carbocycles. The first kappa shape index (κ1) is 51.6. The van der Waals surface area contributed by atoms with Gasteiger partial charge in [-0.3, -0.25) is 19.7 Å². The maximum atomic E-state index is 11.4. The Kier molecular flexibility index (Phi) is 15.8. The summed E-state index contributed by atoms with van der Waals surface area (Å²) in [6.45, 7) is 19.9. The van der Waals surface area contributed by atoms with Crippen LogP contribution in [0, 0.1) is 6.92 Å². The molecular weight excluding hydrogens is 951 g/mol. The molecule has 0 N–H and O–H groups in total. The molecule has 3 aromatic heterocycles. The van der Waals surface area contributed by atoms with Crippen molar-refractivity contribution in [3.05, 3.63) is 157 Å². The van der Waals surface area contributed by atoms with Crippen molar-refractivity contribution in [3.63, 3.8) is 0 Å². The van der Waals surface area contributed by atoms with Gasteiger partial charge in [0, 0.05) is 44.8 Å². The summed E-state index contributed by atoms with van der Waals surface area (Å²) in [5.41, 5.74) is 15.7. The van der Waals surface area contributed by atoms with Crippen LogP contribution in [-0.4, -0.2) is 122 Å². The zero-order valence-electron chi connectivity index (χ0n) is 44.3. The van der Waals surface area contributed by atoms with Crippen LogP contribution in [0.2, 0.25) is 0 Å². The van der Waals surface area contributed by atoms with Gasteiger partial charge in [-0.25, -0.2) is 15.0 Å². The fourth-order valence-corrected chi connectivity index (χ4v) is 9.51. The number of carbonyl (C=O) groups excluding carboxylic acids is 1. The molecule has 0 bridgehead atoms. The van der Waals surface area contributed by atoms with Gasteiger partial charge in [0.15, 0.2) is 5.78 Å². The van der Waals surface area contributed by atoms with E-state index in [1.807, 2.05) is 67.1 Å². The summed E-state index contributed by atoms with van der Waals surface area (Å²) in [6, 6.07) is 41.2. The van der Waals surface area contributed by atoms with Crippen LogP contribution in [0.3, 0.4) is 0 Å². The van der Waals surface area contributed by atoms with Crippen molar-refractivity contribution in [1.29, 1.82) is 0 Å². The van der Waals surface area contributed by atoms with Crippen LogP contribution in [0.5, 0.6) is 5.75 Å². The van der Waals surface area contributed by atoms with E-state index in [9.17, 15) is 4.79 Å². The molecule has 6 aromatic carbocycles. The Labute approximate surface area is 444 Å². The third kappa shape index (κ3) is 12.3. The SMILES string of the molecule is CC(=O)c1ccc(-c2ccc3ncc(N4CCOCC4)nc3c2)cc1.CC(C)(C)c1ccc(-c2ccc3ncc(N4CCOCC4)nc3c2)cc1.COc1ccc(-c2ccc3ncc(N4CCOCC4)nc3c2)c(C)c1. The lowest BCUT2D eigenvalue weighted by molar-refractivity contribution is 0.101. The number of Topliss-reactive ketones (excluding diaryl/α,β-unsaturated/α-hetero) is 1. The van der Waals surface area contributed by atoms with E-state index >= 15 is 0 Å². The van der Waals surface area contributed by atoms with Crippen molar-refractivity contribution >= 4 is 56.3 Å². The number of ketones is 1. The quantitative estimate of drug-likeness (QED) is 0.133. The van der Waals surface area contributed by atoms with E-state index in [4.69, 9.17) is 33.9 Å². The normalized spacial score (nSPS) is 14.9. The molecule has 12 rings (SSSR count). The molecular formula is C62H65N9O5. The first-order chi connectivity index (χ1) is 36.9. The largest absolute Gasteiger partial charge is 0.497 e. The zero-order valence-corrected chi connectivity index (χ0v) is 44.3. The van der Waals surface area contributed by atoms with E-state index in [2.05, 4.69) is 130 Å². The highest BCUT2D eigenvalue weighted by atomic mass is 16.5. The van der Waals surface area contributed by atoms with Gasteiger partial charge in [0.2, 0.25) is 0 Å². The van der Waals surface area contributed by atoms with Crippen LogP contribution >= 0.6 is 0 Å². The number of ether oxygens (including phenoxy) is 4. The van der Waals surface area contributed by atoms with Crippen molar-refractivity contribution in [3.8, 4) is 39.1 Å². The predicted octanol–water partition coefficient (Wildman–Crippen LogP) is 11.2. The Hall–Kier alpha value is -7.91. The number of morpholine rings is 3. The van der Waals surface area contributed by atoms with Gasteiger partial charge in [-0.1, -0.05) is 93.6 Å². The third-order valence-corrected chi connectivity index (χ3v) is 14.0. The topological polar surface area (TPSA) is 141 Å². The van der Waals surface area contributed by atoms with E-state index in [-0.39, 0.29) is 11.2 Å². The second kappa shape index (κ2) is 23.3. The standard InChI is InChI=1S/C22H25N3O.C20H21N3O2.C20H19N3O2/c1-22(2,3)18-7-4-16(5-8-18)17-6-9-19-20(14-17)24-21(15-23-19)25-10-12-26-13-11-25;1-14-11-16(24-2)4-5-17(14)15-3-6-18-19(12-15)22-20(13-21-18)23-7-9-25-10-8-23;1-14(24)15-2-4-16(5-3-15)17-6-7-18-19(12-17)22-20(13-21-18)23-8-10-25-11-9-23/h4-9,14-15H,10-13H2,1-3H3;3-6,11-13H,7-10H2,1-2H3;2-7,12-13H,8-11H2,1H3. The van der Waals surface area contributed by atoms with E-state index in [1.54, 1.807) is 14.0 Å². The molecule has 0 spiro atoms. The molecule has 388 valence electrons. The first-order valence-corrected chi connectivity index (χ1v) is 26.1. The van der Waals surface area contributed by atoms with Gasteiger partial charge in [-0.05, 0) is 112 Å². The lowest BCUT2D eigenvalue weighted by Crippen LogP contribution is -2.36. The third-order valence-electron chi connectivity index (χ3n) is 14.0. The summed E-state index contributed by atoms with van der Waals surface area (Å²) in [5, 5.41) is 0. The number of carbonyl (C=O) groups is 1. The van der Waals surface area contributed by atoms with Crippen LogP contribution in [0.4, 0.5) is 17.5 Å². The van der Waals surface area contributed by atoms with Gasteiger partial charge in [-0.15, -0.1) is 0 Å². The monoisotopic (exact) mass is 1020 g/mol. The summed E-state index contributed by atoms with van der Waals surface area (Å²) in [7, 11) is 1.69. The lowest BCUT2D eigenvalue weighted by atomic mass is 9.86. The molecule has 0 unspecified atom stereocenters. The molecule has 14 nitrogen and oxygen atoms in total. The summed E-state index contributed by atoms with van der Waals surface area (Å²) in [6.07, 6.45) is 5.55. The Balaban J connectivity index is 0.000000130. The van der Waals surface area contributed by atoms with Gasteiger partial charge in [0.1, 0.15) is 23.2 Å². The minimum atomic E-state index is 0.0751. The molecule has 0 saturated carbocycles. The van der Waals surface area contributed by atoms with Crippen molar-refractivity contribution in [1.82, 2.24) is 29.9 Å². The minimum Gasteiger partial charge on any atom is -0.497 e. The van der Waals surface area contributed by atoms with Gasteiger partial charge in [0.25, 0.3) is 0 Å². The van der Waals surface area contributed by atoms with Crippen molar-refractivity contribution in [2.75, 3.05) is 101 Å². The Morgan fingerprint density at radius 3 is 1.24 bits per heavy atom. The highest BCUT2D eigenvalue weighted by Crippen LogP contribution is 2.31. The molecule has 3 aliphatic heterocycles. The van der Waals surface area contributed by atoms with Crippen molar-refractivity contribution in [2.45, 2.75) is 40.0 Å². The molecule has 0 radical (unpaired) electrons. The second-order valence-electron chi connectivity index (χ2n) is 20.2. The first-order valence-electron chi connectivity index (χ1n) is 26.1. The summed E-state index contributed by atoms with van der Waals surface area (Å²) in [5.74, 6) is 3.68. The number of anilines is 3. The van der Waals surface area contributed by atoms with Gasteiger partial charge >= 0.3 is 0 Å². The number of aryl methyl sites for hydroxylation is 1. The number of benzene rings is 6. The molecule has 0 atom stereocenters. The van der Waals surface area contributed by atoms with E-state index in [0.717, 1.165) is 157 Å². The smallest absolute Gasteiger partial charge is 0.159 e. The highest BCUT2D eigenvalue weighted by Gasteiger charge is 2.18. The highest BCUT2D eigenvalue weighted by molar-refractivity contribution is 5.94. The number of nitrogens with zero attached hydrogens (tertiary/aromatic N) is 9. The van der Waals surface area contributed by atoms with E-state index in [1.165, 1.54) is 27.8 Å². The molecule has 3 aliphatic rings. The van der Waals surface area contributed by atoms with Crippen LogP contribution in [0.15, 0.2) is 140 Å². The van der Waals surface area contributed by atoms with Crippen molar-refractivity contribution < 1.29 is 23.7 Å². The van der Waals surface area contributed by atoms with Crippen LogP contribution in [0.25, 0.3) is 66.5 Å². The fourth-order valence-electron chi connectivity index (χ4n) is 9.51. The maximum Gasteiger partial charge on any atom is 0.159 e.